The van der Waals surface area contributed by atoms with Crippen molar-refractivity contribution in [2.24, 2.45) is 0 Å². The highest BCUT2D eigenvalue weighted by Crippen LogP contribution is 2.37. The van der Waals surface area contributed by atoms with Crippen molar-refractivity contribution in [3.63, 3.8) is 0 Å². The van der Waals surface area contributed by atoms with Crippen LogP contribution < -0.4 is 5.32 Å². The molecule has 0 aliphatic rings. The fourth-order valence-electron chi connectivity index (χ4n) is 2.09. The van der Waals surface area contributed by atoms with Gasteiger partial charge in [-0.05, 0) is 36.2 Å². The summed E-state index contributed by atoms with van der Waals surface area (Å²) >= 11 is 9.90. The van der Waals surface area contributed by atoms with Gasteiger partial charge in [-0.2, -0.15) is 0 Å². The van der Waals surface area contributed by atoms with Crippen LogP contribution in [0.3, 0.4) is 0 Å². The minimum absolute atomic E-state index is 0.170. The lowest BCUT2D eigenvalue weighted by Crippen LogP contribution is -2.16. The van der Waals surface area contributed by atoms with Gasteiger partial charge in [0.05, 0.1) is 6.04 Å². The predicted octanol–water partition coefficient (Wildman–Crippen LogP) is 4.93. The summed E-state index contributed by atoms with van der Waals surface area (Å²) in [6.07, 6.45) is 0. The number of nitrogens with one attached hydrogen (secondary N) is 1. The molecule has 2 aromatic heterocycles. The van der Waals surface area contributed by atoms with E-state index in [9.17, 15) is 0 Å². The number of hydrogen-bond donors (Lipinski definition) is 1. The quantitative estimate of drug-likeness (QED) is 0.722. The highest BCUT2D eigenvalue weighted by Gasteiger charge is 2.17. The summed E-state index contributed by atoms with van der Waals surface area (Å²) in [5, 5.41) is 6.30. The number of fused-ring (bicyclic) bond motifs is 1. The van der Waals surface area contributed by atoms with Crippen LogP contribution in [0.1, 0.15) is 16.5 Å². The molecule has 0 aliphatic heterocycles. The van der Waals surface area contributed by atoms with Crippen molar-refractivity contribution >= 4 is 43.7 Å². The molecule has 1 atom stereocenters. The van der Waals surface area contributed by atoms with E-state index in [0.717, 1.165) is 10.6 Å². The standard InChI is InChI=1S/C14H12ClNS2/c1-16-14(9-4-2-3-5-10(9)15)13-8-12-11(18-13)6-7-17-12/h2-8,14,16H,1H3. The number of benzene rings is 1. The van der Waals surface area contributed by atoms with Gasteiger partial charge in [-0.15, -0.1) is 22.7 Å². The summed E-state index contributed by atoms with van der Waals surface area (Å²) in [4.78, 5) is 1.31. The van der Waals surface area contributed by atoms with Crippen molar-refractivity contribution in [3.05, 3.63) is 57.2 Å². The van der Waals surface area contributed by atoms with E-state index < -0.39 is 0 Å². The zero-order valence-electron chi connectivity index (χ0n) is 9.81. The molecule has 0 fully saturated rings. The number of halogens is 1. The van der Waals surface area contributed by atoms with Gasteiger partial charge in [-0.25, -0.2) is 0 Å². The van der Waals surface area contributed by atoms with Gasteiger partial charge in [0.1, 0.15) is 0 Å². The van der Waals surface area contributed by atoms with Gasteiger partial charge in [-0.1, -0.05) is 29.8 Å². The van der Waals surface area contributed by atoms with Crippen LogP contribution in [0.2, 0.25) is 5.02 Å². The zero-order chi connectivity index (χ0) is 12.5. The Morgan fingerprint density at radius 1 is 1.17 bits per heavy atom. The minimum atomic E-state index is 0.170. The number of hydrogen-bond acceptors (Lipinski definition) is 3. The maximum absolute atomic E-state index is 6.29. The highest BCUT2D eigenvalue weighted by molar-refractivity contribution is 7.27. The van der Waals surface area contributed by atoms with Gasteiger partial charge in [0.15, 0.2) is 0 Å². The molecule has 1 unspecified atom stereocenters. The Bertz CT molecular complexity index is 643. The summed E-state index contributed by atoms with van der Waals surface area (Å²) in [5.74, 6) is 0. The normalized spacial score (nSPS) is 13.0. The van der Waals surface area contributed by atoms with E-state index in [1.165, 1.54) is 14.3 Å². The molecule has 1 nitrogen and oxygen atoms in total. The molecular weight excluding hydrogens is 282 g/mol. The van der Waals surface area contributed by atoms with Crippen LogP contribution >= 0.6 is 34.3 Å². The Hall–Kier alpha value is -0.870. The average Bonchev–Trinajstić information content (AvgIpc) is 2.93. The van der Waals surface area contributed by atoms with E-state index in [1.807, 2.05) is 36.6 Å². The van der Waals surface area contributed by atoms with E-state index >= 15 is 0 Å². The molecule has 1 N–H and O–H groups in total. The third kappa shape index (κ3) is 2.08. The maximum atomic E-state index is 6.29. The van der Waals surface area contributed by atoms with Crippen molar-refractivity contribution in [1.82, 2.24) is 5.32 Å². The van der Waals surface area contributed by atoms with Gasteiger partial charge >= 0.3 is 0 Å². The van der Waals surface area contributed by atoms with Crippen LogP contribution in [0.4, 0.5) is 0 Å². The van der Waals surface area contributed by atoms with Crippen molar-refractivity contribution in [3.8, 4) is 0 Å². The first-order chi connectivity index (χ1) is 8.79. The van der Waals surface area contributed by atoms with Crippen molar-refractivity contribution in [1.29, 1.82) is 0 Å². The molecule has 0 amide bonds. The molecule has 18 heavy (non-hydrogen) atoms. The monoisotopic (exact) mass is 293 g/mol. The fraction of sp³-hybridized carbons (Fsp3) is 0.143. The number of rotatable bonds is 3. The predicted molar refractivity (Wildman–Crippen MR) is 82.1 cm³/mol. The molecule has 1 aromatic carbocycles. The highest BCUT2D eigenvalue weighted by atomic mass is 35.5. The van der Waals surface area contributed by atoms with E-state index in [2.05, 4.69) is 28.9 Å². The Balaban J connectivity index is 2.07. The number of thiophene rings is 2. The molecule has 0 aliphatic carbocycles. The summed E-state index contributed by atoms with van der Waals surface area (Å²) in [5.41, 5.74) is 1.13. The van der Waals surface area contributed by atoms with Crippen molar-refractivity contribution in [2.75, 3.05) is 7.05 Å². The Morgan fingerprint density at radius 3 is 2.72 bits per heavy atom. The van der Waals surface area contributed by atoms with Crippen LogP contribution in [0.25, 0.3) is 9.40 Å². The summed E-state index contributed by atoms with van der Waals surface area (Å²) in [7, 11) is 1.97. The maximum Gasteiger partial charge on any atom is 0.0683 e. The first kappa shape index (κ1) is 12.2. The molecule has 92 valence electrons. The van der Waals surface area contributed by atoms with Gasteiger partial charge in [0.2, 0.25) is 0 Å². The van der Waals surface area contributed by atoms with Crippen LogP contribution in [-0.2, 0) is 0 Å². The Morgan fingerprint density at radius 2 is 2.00 bits per heavy atom. The third-order valence-electron chi connectivity index (χ3n) is 2.95. The lowest BCUT2D eigenvalue weighted by Gasteiger charge is -2.16. The van der Waals surface area contributed by atoms with Crippen LogP contribution in [0, 0.1) is 0 Å². The van der Waals surface area contributed by atoms with Gasteiger partial charge in [-0.3, -0.25) is 0 Å². The SMILES string of the molecule is CNC(c1cc2sccc2s1)c1ccccc1Cl. The van der Waals surface area contributed by atoms with Gasteiger partial charge in [0, 0.05) is 19.3 Å². The molecule has 3 aromatic rings. The van der Waals surface area contributed by atoms with Gasteiger partial charge in [0.25, 0.3) is 0 Å². The van der Waals surface area contributed by atoms with Crippen LogP contribution in [-0.4, -0.2) is 7.05 Å². The van der Waals surface area contributed by atoms with Crippen LogP contribution in [0.15, 0.2) is 41.8 Å². The molecule has 0 saturated carbocycles. The van der Waals surface area contributed by atoms with Crippen LogP contribution in [0.5, 0.6) is 0 Å². The molecule has 2 heterocycles. The Kier molecular flexibility index (Phi) is 3.39. The molecule has 0 bridgehead atoms. The lowest BCUT2D eigenvalue weighted by molar-refractivity contribution is 0.704. The van der Waals surface area contributed by atoms with E-state index in [-0.39, 0.29) is 6.04 Å². The fourth-order valence-corrected chi connectivity index (χ4v) is 4.58. The molecule has 0 saturated heterocycles. The molecular formula is C14H12ClNS2. The summed E-state index contributed by atoms with van der Waals surface area (Å²) in [6, 6.07) is 12.6. The first-order valence-electron chi connectivity index (χ1n) is 5.68. The third-order valence-corrected chi connectivity index (χ3v) is 5.45. The minimum Gasteiger partial charge on any atom is -0.309 e. The van der Waals surface area contributed by atoms with Crippen molar-refractivity contribution < 1.29 is 0 Å². The molecule has 0 radical (unpaired) electrons. The second kappa shape index (κ2) is 5.02. The molecule has 4 heteroatoms. The van der Waals surface area contributed by atoms with E-state index in [1.54, 1.807) is 11.3 Å². The average molecular weight is 294 g/mol. The lowest BCUT2D eigenvalue weighted by atomic mass is 10.1. The van der Waals surface area contributed by atoms with E-state index in [4.69, 9.17) is 11.6 Å². The molecule has 3 rings (SSSR count). The zero-order valence-corrected chi connectivity index (χ0v) is 12.2. The van der Waals surface area contributed by atoms with E-state index in [0.29, 0.717) is 0 Å². The topological polar surface area (TPSA) is 12.0 Å². The smallest absolute Gasteiger partial charge is 0.0683 e. The molecule has 0 spiro atoms. The van der Waals surface area contributed by atoms with Gasteiger partial charge < -0.3 is 5.32 Å². The van der Waals surface area contributed by atoms with Crippen molar-refractivity contribution in [2.45, 2.75) is 6.04 Å². The first-order valence-corrected chi connectivity index (χ1v) is 7.75. The largest absolute Gasteiger partial charge is 0.309 e. The second-order valence-corrected chi connectivity index (χ2v) is 6.51. The summed E-state index contributed by atoms with van der Waals surface area (Å²) in [6.45, 7) is 0. The Labute approximate surface area is 119 Å². The second-order valence-electron chi connectivity index (χ2n) is 4.04. The summed E-state index contributed by atoms with van der Waals surface area (Å²) < 4.78 is 2.70.